The van der Waals surface area contributed by atoms with Gasteiger partial charge in [0.15, 0.2) is 17.3 Å². The largest absolute Gasteiger partial charge is 0.493 e. The highest BCUT2D eigenvalue weighted by atomic mass is 79.9. The summed E-state index contributed by atoms with van der Waals surface area (Å²) in [5.74, 6) is 2.01. The lowest BCUT2D eigenvalue weighted by Gasteiger charge is -2.14. The fourth-order valence-corrected chi connectivity index (χ4v) is 3.40. The second kappa shape index (κ2) is 8.67. The molecule has 1 aromatic heterocycles. The molecular weight excluding hydrogens is 449 g/mol. The molecule has 0 spiro atoms. The Morgan fingerprint density at radius 3 is 2.33 bits per heavy atom. The monoisotopic (exact) mass is 467 g/mol. The van der Waals surface area contributed by atoms with Crippen LogP contribution in [-0.4, -0.2) is 24.2 Å². The molecule has 0 unspecified atom stereocenters. The van der Waals surface area contributed by atoms with Crippen LogP contribution in [0.5, 0.6) is 11.5 Å². The molecule has 1 heterocycles. The number of benzene rings is 3. The maximum absolute atomic E-state index is 14.1. The highest BCUT2D eigenvalue weighted by Crippen LogP contribution is 2.35. The van der Waals surface area contributed by atoms with E-state index < -0.39 is 0 Å². The van der Waals surface area contributed by atoms with Crippen molar-refractivity contribution in [2.75, 3.05) is 19.5 Å². The molecule has 0 amide bonds. The number of ether oxygens (including phenoxy) is 2. The molecule has 7 heteroatoms. The molecule has 5 nitrogen and oxygen atoms in total. The van der Waals surface area contributed by atoms with Crippen molar-refractivity contribution in [3.8, 4) is 22.9 Å². The highest BCUT2D eigenvalue weighted by Gasteiger charge is 2.15. The van der Waals surface area contributed by atoms with Crippen LogP contribution < -0.4 is 14.8 Å². The Balaban J connectivity index is 1.83. The van der Waals surface area contributed by atoms with Gasteiger partial charge >= 0.3 is 0 Å². The topological polar surface area (TPSA) is 56.3 Å². The van der Waals surface area contributed by atoms with Crippen LogP contribution in [0.3, 0.4) is 0 Å². The SMILES string of the molecule is COc1cc2nc(-c3ccc(Br)cc3)nc(NCc3ccccc3F)c2cc1OC. The van der Waals surface area contributed by atoms with Crippen LogP contribution in [0.1, 0.15) is 5.56 Å². The lowest BCUT2D eigenvalue weighted by Crippen LogP contribution is -2.06. The number of fused-ring (bicyclic) bond motifs is 1. The number of hydrogen-bond donors (Lipinski definition) is 1. The van der Waals surface area contributed by atoms with Gasteiger partial charge in [0.1, 0.15) is 11.6 Å². The molecule has 0 saturated heterocycles. The molecule has 4 aromatic rings. The Hall–Kier alpha value is -3.19. The molecule has 0 saturated carbocycles. The zero-order valence-corrected chi connectivity index (χ0v) is 18.0. The maximum atomic E-state index is 14.1. The van der Waals surface area contributed by atoms with Gasteiger partial charge in [0.05, 0.1) is 19.7 Å². The van der Waals surface area contributed by atoms with E-state index in [1.807, 2.05) is 36.4 Å². The summed E-state index contributed by atoms with van der Waals surface area (Å²) in [5.41, 5.74) is 2.11. The van der Waals surface area contributed by atoms with E-state index in [1.54, 1.807) is 32.4 Å². The minimum absolute atomic E-state index is 0.268. The second-order valence-corrected chi connectivity index (χ2v) is 7.49. The molecule has 0 fully saturated rings. The summed E-state index contributed by atoms with van der Waals surface area (Å²) in [5, 5.41) is 4.01. The summed E-state index contributed by atoms with van der Waals surface area (Å²) in [7, 11) is 3.16. The van der Waals surface area contributed by atoms with Gasteiger partial charge < -0.3 is 14.8 Å². The first-order valence-electron chi connectivity index (χ1n) is 9.26. The van der Waals surface area contributed by atoms with Gasteiger partial charge in [0.2, 0.25) is 0 Å². The molecule has 4 rings (SSSR count). The third-order valence-electron chi connectivity index (χ3n) is 4.71. The minimum Gasteiger partial charge on any atom is -0.493 e. The van der Waals surface area contributed by atoms with E-state index in [4.69, 9.17) is 19.4 Å². The molecule has 30 heavy (non-hydrogen) atoms. The van der Waals surface area contributed by atoms with Crippen molar-refractivity contribution in [2.24, 2.45) is 0 Å². The smallest absolute Gasteiger partial charge is 0.162 e. The van der Waals surface area contributed by atoms with Crippen molar-refractivity contribution >= 4 is 32.7 Å². The predicted octanol–water partition coefficient (Wildman–Crippen LogP) is 5.83. The maximum Gasteiger partial charge on any atom is 0.162 e. The number of methoxy groups -OCH3 is 2. The number of hydrogen-bond acceptors (Lipinski definition) is 5. The number of aromatic nitrogens is 2. The number of nitrogens with one attached hydrogen (secondary N) is 1. The average Bonchev–Trinajstić information content (AvgIpc) is 2.77. The Bertz CT molecular complexity index is 1200. The average molecular weight is 468 g/mol. The van der Waals surface area contributed by atoms with Crippen LogP contribution in [0, 0.1) is 5.82 Å². The first kappa shape index (κ1) is 20.1. The lowest BCUT2D eigenvalue weighted by molar-refractivity contribution is 0.356. The highest BCUT2D eigenvalue weighted by molar-refractivity contribution is 9.10. The molecule has 0 radical (unpaired) electrons. The number of anilines is 1. The molecular formula is C23H19BrFN3O2. The normalized spacial score (nSPS) is 10.8. The number of halogens is 2. The van der Waals surface area contributed by atoms with Gasteiger partial charge in [-0.25, -0.2) is 14.4 Å². The van der Waals surface area contributed by atoms with Crippen molar-refractivity contribution in [1.29, 1.82) is 0 Å². The van der Waals surface area contributed by atoms with Gasteiger partial charge in [-0.3, -0.25) is 0 Å². The van der Waals surface area contributed by atoms with Crippen molar-refractivity contribution < 1.29 is 13.9 Å². The van der Waals surface area contributed by atoms with E-state index in [1.165, 1.54) is 6.07 Å². The minimum atomic E-state index is -0.268. The molecule has 0 aliphatic heterocycles. The van der Waals surface area contributed by atoms with Gasteiger partial charge in [0.25, 0.3) is 0 Å². The van der Waals surface area contributed by atoms with E-state index in [0.717, 1.165) is 15.4 Å². The Labute approximate surface area is 182 Å². The zero-order chi connectivity index (χ0) is 21.1. The fourth-order valence-electron chi connectivity index (χ4n) is 3.14. The molecule has 1 N–H and O–H groups in total. The van der Waals surface area contributed by atoms with E-state index in [9.17, 15) is 4.39 Å². The van der Waals surface area contributed by atoms with Gasteiger partial charge in [-0.2, -0.15) is 0 Å². The summed E-state index contributed by atoms with van der Waals surface area (Å²) in [6, 6.07) is 18.0. The van der Waals surface area contributed by atoms with Crippen LogP contribution in [0.4, 0.5) is 10.2 Å². The lowest BCUT2D eigenvalue weighted by atomic mass is 10.1. The van der Waals surface area contributed by atoms with Gasteiger partial charge in [0, 0.05) is 33.6 Å². The molecule has 0 aliphatic rings. The standard InChI is InChI=1S/C23H19BrFN3O2/c1-29-20-11-17-19(12-21(20)30-2)27-22(14-7-9-16(24)10-8-14)28-23(17)26-13-15-5-3-4-6-18(15)25/h3-12H,13H2,1-2H3,(H,26,27,28). The van der Waals surface area contributed by atoms with Gasteiger partial charge in [-0.15, -0.1) is 0 Å². The van der Waals surface area contributed by atoms with E-state index in [0.29, 0.717) is 34.2 Å². The molecule has 3 aromatic carbocycles. The Morgan fingerprint density at radius 2 is 1.63 bits per heavy atom. The summed E-state index contributed by atoms with van der Waals surface area (Å²) >= 11 is 3.45. The quantitative estimate of drug-likeness (QED) is 0.386. The van der Waals surface area contributed by atoms with Gasteiger partial charge in [-0.05, 0) is 24.3 Å². The summed E-state index contributed by atoms with van der Waals surface area (Å²) in [6.45, 7) is 0.285. The molecule has 0 aliphatic carbocycles. The number of nitrogens with zero attached hydrogens (tertiary/aromatic N) is 2. The van der Waals surface area contributed by atoms with Crippen molar-refractivity contribution in [2.45, 2.75) is 6.54 Å². The first-order valence-corrected chi connectivity index (χ1v) is 10.1. The van der Waals surface area contributed by atoms with E-state index in [-0.39, 0.29) is 12.4 Å². The van der Waals surface area contributed by atoms with Crippen LogP contribution in [0.2, 0.25) is 0 Å². The van der Waals surface area contributed by atoms with E-state index in [2.05, 4.69) is 21.2 Å². The summed E-state index contributed by atoms with van der Waals surface area (Å²) in [6.07, 6.45) is 0. The zero-order valence-electron chi connectivity index (χ0n) is 16.4. The first-order chi connectivity index (χ1) is 14.6. The van der Waals surface area contributed by atoms with Crippen LogP contribution in [-0.2, 0) is 6.54 Å². The Morgan fingerprint density at radius 1 is 0.933 bits per heavy atom. The van der Waals surface area contributed by atoms with Crippen molar-refractivity contribution in [1.82, 2.24) is 9.97 Å². The molecule has 0 bridgehead atoms. The third-order valence-corrected chi connectivity index (χ3v) is 5.24. The van der Waals surface area contributed by atoms with Crippen LogP contribution in [0.25, 0.3) is 22.3 Å². The number of rotatable bonds is 6. The summed E-state index contributed by atoms with van der Waals surface area (Å²) in [4.78, 5) is 9.44. The van der Waals surface area contributed by atoms with Crippen LogP contribution >= 0.6 is 15.9 Å². The predicted molar refractivity (Wildman–Crippen MR) is 120 cm³/mol. The fraction of sp³-hybridized carbons (Fsp3) is 0.130. The second-order valence-electron chi connectivity index (χ2n) is 6.57. The molecule has 0 atom stereocenters. The van der Waals surface area contributed by atoms with Crippen LogP contribution in [0.15, 0.2) is 65.1 Å². The van der Waals surface area contributed by atoms with E-state index >= 15 is 0 Å². The third kappa shape index (κ3) is 4.07. The summed E-state index contributed by atoms with van der Waals surface area (Å²) < 4.78 is 25.9. The Kier molecular flexibility index (Phi) is 5.81. The molecule has 152 valence electrons. The van der Waals surface area contributed by atoms with Gasteiger partial charge in [-0.1, -0.05) is 46.3 Å². The van der Waals surface area contributed by atoms with Crippen molar-refractivity contribution in [3.05, 3.63) is 76.5 Å². The van der Waals surface area contributed by atoms with Crippen molar-refractivity contribution in [3.63, 3.8) is 0 Å².